The van der Waals surface area contributed by atoms with Crippen molar-refractivity contribution in [1.82, 2.24) is 9.88 Å². The van der Waals surface area contributed by atoms with E-state index in [0.717, 1.165) is 19.5 Å². The summed E-state index contributed by atoms with van der Waals surface area (Å²) in [6.07, 6.45) is 2.27. The zero-order chi connectivity index (χ0) is 14.7. The molecule has 2 heterocycles. The number of hydrogen-bond donors (Lipinski definition) is 1. The number of nitrogens with one attached hydrogen (secondary N) is 1. The molecule has 106 valence electrons. The maximum Gasteiger partial charge on any atom is 0.312 e. The van der Waals surface area contributed by atoms with Crippen LogP contribution < -0.4 is 5.32 Å². The second-order valence-electron chi connectivity index (χ2n) is 5.24. The maximum absolute atomic E-state index is 11.1. The van der Waals surface area contributed by atoms with Crippen molar-refractivity contribution in [2.24, 2.45) is 5.92 Å². The van der Waals surface area contributed by atoms with Gasteiger partial charge in [-0.3, -0.25) is 10.1 Å². The van der Waals surface area contributed by atoms with E-state index in [1.807, 2.05) is 6.07 Å². The summed E-state index contributed by atoms with van der Waals surface area (Å²) in [5.41, 5.74) is 0.0499. The Balaban J connectivity index is 2.21. The molecule has 0 aromatic carbocycles. The van der Waals surface area contributed by atoms with Gasteiger partial charge in [0.15, 0.2) is 0 Å². The van der Waals surface area contributed by atoms with Crippen LogP contribution in [0.25, 0.3) is 0 Å². The van der Waals surface area contributed by atoms with E-state index >= 15 is 0 Å². The number of nitrogens with zero attached hydrogens (tertiary/aromatic N) is 4. The van der Waals surface area contributed by atoms with Gasteiger partial charge in [-0.05, 0) is 25.9 Å². The molecule has 1 aromatic heterocycles. The van der Waals surface area contributed by atoms with Gasteiger partial charge in [0.1, 0.15) is 6.07 Å². The Labute approximate surface area is 117 Å². The molecule has 0 aliphatic carbocycles. The van der Waals surface area contributed by atoms with Crippen molar-refractivity contribution in [3.63, 3.8) is 0 Å². The van der Waals surface area contributed by atoms with Crippen LogP contribution in [-0.2, 0) is 0 Å². The van der Waals surface area contributed by atoms with Gasteiger partial charge < -0.3 is 10.2 Å². The highest BCUT2D eigenvalue weighted by atomic mass is 16.6. The second kappa shape index (κ2) is 5.84. The number of nitro groups is 1. The molecule has 2 rings (SSSR count). The summed E-state index contributed by atoms with van der Waals surface area (Å²) in [6.45, 7) is 4.01. The number of piperidine rings is 1. The van der Waals surface area contributed by atoms with Crippen LogP contribution in [-0.4, -0.2) is 41.0 Å². The Kier molecular flexibility index (Phi) is 4.15. The van der Waals surface area contributed by atoms with Gasteiger partial charge in [0.25, 0.3) is 0 Å². The summed E-state index contributed by atoms with van der Waals surface area (Å²) in [5.74, 6) is 0.626. The quantitative estimate of drug-likeness (QED) is 0.665. The third kappa shape index (κ3) is 3.03. The fraction of sp³-hybridized carbons (Fsp3) is 0.538. The van der Waals surface area contributed by atoms with E-state index in [1.54, 1.807) is 0 Å². The van der Waals surface area contributed by atoms with Crippen molar-refractivity contribution >= 4 is 11.5 Å². The van der Waals surface area contributed by atoms with Crippen LogP contribution in [0.15, 0.2) is 12.3 Å². The van der Waals surface area contributed by atoms with Crippen LogP contribution in [0, 0.1) is 27.4 Å². The van der Waals surface area contributed by atoms with E-state index in [0.29, 0.717) is 5.92 Å². The molecule has 1 aliphatic heterocycles. The van der Waals surface area contributed by atoms with Gasteiger partial charge in [0.2, 0.25) is 5.82 Å². The number of anilines is 1. The van der Waals surface area contributed by atoms with E-state index in [2.05, 4.69) is 29.2 Å². The lowest BCUT2D eigenvalue weighted by Gasteiger charge is -2.35. The lowest BCUT2D eigenvalue weighted by atomic mass is 9.94. The Morgan fingerprint density at radius 3 is 3.00 bits per heavy atom. The van der Waals surface area contributed by atoms with E-state index in [-0.39, 0.29) is 23.1 Å². The highest BCUT2D eigenvalue weighted by Crippen LogP contribution is 2.26. The maximum atomic E-state index is 11.1. The minimum absolute atomic E-state index is 0.143. The average Bonchev–Trinajstić information content (AvgIpc) is 2.42. The van der Waals surface area contributed by atoms with Crippen molar-refractivity contribution in [3.8, 4) is 6.07 Å². The molecule has 7 nitrogen and oxygen atoms in total. The first kappa shape index (κ1) is 14.2. The molecule has 0 bridgehead atoms. The SMILES string of the molecule is CC1CN(C)CCC1Nc1ncc(C#N)cc1[N+](=O)[O-]. The zero-order valence-corrected chi connectivity index (χ0v) is 11.5. The first-order valence-electron chi connectivity index (χ1n) is 6.51. The molecule has 1 N–H and O–H groups in total. The smallest absolute Gasteiger partial charge is 0.312 e. The molecule has 0 amide bonds. The number of rotatable bonds is 3. The molecule has 1 aromatic rings. The summed E-state index contributed by atoms with van der Waals surface area (Å²) < 4.78 is 0. The number of nitriles is 1. The van der Waals surface area contributed by atoms with Crippen molar-refractivity contribution in [2.45, 2.75) is 19.4 Å². The van der Waals surface area contributed by atoms with Gasteiger partial charge in [-0.15, -0.1) is 0 Å². The Morgan fingerprint density at radius 1 is 1.65 bits per heavy atom. The van der Waals surface area contributed by atoms with Crippen LogP contribution in [0.4, 0.5) is 11.5 Å². The zero-order valence-electron chi connectivity index (χ0n) is 11.5. The second-order valence-corrected chi connectivity index (χ2v) is 5.24. The van der Waals surface area contributed by atoms with Crippen LogP contribution in [0.5, 0.6) is 0 Å². The molecule has 1 aliphatic rings. The van der Waals surface area contributed by atoms with Crippen molar-refractivity contribution in [3.05, 3.63) is 27.9 Å². The summed E-state index contributed by atoms with van der Waals surface area (Å²) in [5, 5.41) is 23.0. The minimum atomic E-state index is -0.504. The molecule has 2 atom stereocenters. The lowest BCUT2D eigenvalue weighted by Crippen LogP contribution is -2.43. The van der Waals surface area contributed by atoms with E-state index < -0.39 is 4.92 Å². The molecule has 20 heavy (non-hydrogen) atoms. The first-order chi connectivity index (χ1) is 9.51. The monoisotopic (exact) mass is 275 g/mol. The van der Waals surface area contributed by atoms with Crippen LogP contribution >= 0.6 is 0 Å². The Bertz CT molecular complexity index is 554. The molecule has 1 saturated heterocycles. The molecule has 1 fully saturated rings. The predicted molar refractivity (Wildman–Crippen MR) is 74.3 cm³/mol. The van der Waals surface area contributed by atoms with Crippen molar-refractivity contribution in [2.75, 3.05) is 25.5 Å². The fourth-order valence-corrected chi connectivity index (χ4v) is 2.51. The molecule has 0 radical (unpaired) electrons. The Morgan fingerprint density at radius 2 is 2.40 bits per heavy atom. The normalized spacial score (nSPS) is 23.1. The minimum Gasteiger partial charge on any atom is -0.361 e. The summed E-state index contributed by atoms with van der Waals surface area (Å²) >= 11 is 0. The Hall–Kier alpha value is -2.20. The summed E-state index contributed by atoms with van der Waals surface area (Å²) in [6, 6.07) is 3.28. The third-order valence-corrected chi connectivity index (χ3v) is 3.62. The summed E-state index contributed by atoms with van der Waals surface area (Å²) in [4.78, 5) is 16.8. The molecule has 2 unspecified atom stereocenters. The molecular formula is C13H17N5O2. The third-order valence-electron chi connectivity index (χ3n) is 3.62. The van der Waals surface area contributed by atoms with E-state index in [4.69, 9.17) is 5.26 Å². The molecule has 7 heteroatoms. The largest absolute Gasteiger partial charge is 0.361 e. The van der Waals surface area contributed by atoms with Gasteiger partial charge in [-0.25, -0.2) is 4.98 Å². The standard InChI is InChI=1S/C13H17N5O2/c1-9-8-17(2)4-3-11(9)16-13-12(18(19)20)5-10(6-14)7-15-13/h5,7,9,11H,3-4,8H2,1-2H3,(H,15,16). The van der Waals surface area contributed by atoms with Crippen molar-refractivity contribution < 1.29 is 4.92 Å². The highest BCUT2D eigenvalue weighted by Gasteiger charge is 2.27. The van der Waals surface area contributed by atoms with Crippen LogP contribution in [0.3, 0.4) is 0 Å². The fourth-order valence-electron chi connectivity index (χ4n) is 2.51. The van der Waals surface area contributed by atoms with E-state index in [1.165, 1.54) is 12.3 Å². The number of hydrogen-bond acceptors (Lipinski definition) is 6. The van der Waals surface area contributed by atoms with Gasteiger partial charge in [-0.2, -0.15) is 5.26 Å². The van der Waals surface area contributed by atoms with Crippen LogP contribution in [0.1, 0.15) is 18.9 Å². The number of pyridine rings is 1. The molecule has 0 saturated carbocycles. The average molecular weight is 275 g/mol. The first-order valence-corrected chi connectivity index (χ1v) is 6.51. The number of likely N-dealkylation sites (tertiary alicyclic amines) is 1. The van der Waals surface area contributed by atoms with Crippen LogP contribution in [0.2, 0.25) is 0 Å². The topological polar surface area (TPSA) is 95.1 Å². The highest BCUT2D eigenvalue weighted by molar-refractivity contribution is 5.58. The van der Waals surface area contributed by atoms with Crippen molar-refractivity contribution in [1.29, 1.82) is 5.26 Å². The number of aromatic nitrogens is 1. The summed E-state index contributed by atoms with van der Waals surface area (Å²) in [7, 11) is 2.06. The van der Waals surface area contributed by atoms with Gasteiger partial charge in [0.05, 0.1) is 10.5 Å². The lowest BCUT2D eigenvalue weighted by molar-refractivity contribution is -0.384. The van der Waals surface area contributed by atoms with E-state index in [9.17, 15) is 10.1 Å². The molecule has 0 spiro atoms. The van der Waals surface area contributed by atoms with Gasteiger partial charge in [0, 0.05) is 24.8 Å². The predicted octanol–water partition coefficient (Wildman–Crippen LogP) is 1.61. The molecular weight excluding hydrogens is 258 g/mol. The van der Waals surface area contributed by atoms with Gasteiger partial charge in [-0.1, -0.05) is 6.92 Å². The van der Waals surface area contributed by atoms with Gasteiger partial charge >= 0.3 is 5.69 Å².